The largest absolute Gasteiger partial charge is 0.416 e. The van der Waals surface area contributed by atoms with E-state index in [2.05, 4.69) is 17.0 Å². The van der Waals surface area contributed by atoms with Crippen LogP contribution < -0.4 is 0 Å². The van der Waals surface area contributed by atoms with Crippen LogP contribution in [0, 0.1) is 11.7 Å². The molecule has 3 aromatic rings. The quantitative estimate of drug-likeness (QED) is 0.245. The van der Waals surface area contributed by atoms with E-state index in [0.29, 0.717) is 6.61 Å². The van der Waals surface area contributed by atoms with Crippen molar-refractivity contribution in [3.63, 3.8) is 0 Å². The lowest BCUT2D eigenvalue weighted by Gasteiger charge is -2.43. The first-order valence-electron chi connectivity index (χ1n) is 14.0. The van der Waals surface area contributed by atoms with E-state index in [-0.39, 0.29) is 48.4 Å². The van der Waals surface area contributed by atoms with Gasteiger partial charge in [0, 0.05) is 18.5 Å². The number of alkyl halides is 6. The molecule has 2 fully saturated rings. The highest BCUT2D eigenvalue weighted by Gasteiger charge is 2.43. The lowest BCUT2D eigenvalue weighted by molar-refractivity contribution is -0.193. The van der Waals surface area contributed by atoms with Crippen molar-refractivity contribution in [1.29, 1.82) is 0 Å². The maximum atomic E-state index is 13.8. The second kappa shape index (κ2) is 12.7. The van der Waals surface area contributed by atoms with Gasteiger partial charge in [-0.05, 0) is 85.2 Å². The number of rotatable bonds is 8. The lowest BCUT2D eigenvalue weighted by Crippen LogP contribution is -2.46. The van der Waals surface area contributed by atoms with Crippen molar-refractivity contribution in [2.75, 3.05) is 19.8 Å². The zero-order valence-corrected chi connectivity index (χ0v) is 22.8. The van der Waals surface area contributed by atoms with Gasteiger partial charge in [0.2, 0.25) is 0 Å². The number of hydrogen-bond donors (Lipinski definition) is 0. The SMILES string of the molecule is Fc1ccc(C2C(OCCc3cc(C(F)(F)F)cc(C(F)(F)F)c3)OCCC2C2CCCN2Cc2ccccc2)cc1. The molecule has 10 heteroatoms. The van der Waals surface area contributed by atoms with Crippen LogP contribution in [0.2, 0.25) is 0 Å². The highest BCUT2D eigenvalue weighted by atomic mass is 19.4. The Morgan fingerprint density at radius 2 is 1.48 bits per heavy atom. The molecule has 3 aromatic carbocycles. The van der Waals surface area contributed by atoms with Crippen LogP contribution >= 0.6 is 0 Å². The molecule has 2 aliphatic heterocycles. The molecule has 2 heterocycles. The maximum absolute atomic E-state index is 13.8. The van der Waals surface area contributed by atoms with E-state index < -0.39 is 29.8 Å². The van der Waals surface area contributed by atoms with E-state index >= 15 is 0 Å². The summed E-state index contributed by atoms with van der Waals surface area (Å²) >= 11 is 0. The van der Waals surface area contributed by atoms with Crippen LogP contribution in [0.3, 0.4) is 0 Å². The summed E-state index contributed by atoms with van der Waals surface area (Å²) in [7, 11) is 0. The summed E-state index contributed by atoms with van der Waals surface area (Å²) in [5.41, 5.74) is -0.832. The van der Waals surface area contributed by atoms with Gasteiger partial charge >= 0.3 is 12.4 Å². The van der Waals surface area contributed by atoms with Crippen LogP contribution in [0.25, 0.3) is 0 Å². The highest BCUT2D eigenvalue weighted by Crippen LogP contribution is 2.43. The number of likely N-dealkylation sites (tertiary alicyclic amines) is 1. The molecule has 0 radical (unpaired) electrons. The highest BCUT2D eigenvalue weighted by molar-refractivity contribution is 5.34. The fraction of sp³-hybridized carbons (Fsp3) is 0.438. The van der Waals surface area contributed by atoms with Crippen LogP contribution in [0.4, 0.5) is 30.7 Å². The third kappa shape index (κ3) is 7.33. The third-order valence-electron chi connectivity index (χ3n) is 8.20. The van der Waals surface area contributed by atoms with E-state index in [4.69, 9.17) is 9.47 Å². The first-order valence-corrected chi connectivity index (χ1v) is 14.0. The lowest BCUT2D eigenvalue weighted by atomic mass is 9.76. The minimum Gasteiger partial charge on any atom is -0.352 e. The van der Waals surface area contributed by atoms with Crippen LogP contribution in [-0.2, 0) is 34.8 Å². The molecule has 2 saturated heterocycles. The first-order chi connectivity index (χ1) is 20.0. The average Bonchev–Trinajstić information content (AvgIpc) is 3.41. The smallest absolute Gasteiger partial charge is 0.352 e. The van der Waals surface area contributed by atoms with Crippen molar-refractivity contribution in [2.45, 2.75) is 62.8 Å². The van der Waals surface area contributed by atoms with Crippen molar-refractivity contribution in [1.82, 2.24) is 4.90 Å². The molecule has 226 valence electrons. The Kier molecular flexibility index (Phi) is 9.25. The molecule has 0 aliphatic carbocycles. The van der Waals surface area contributed by atoms with Gasteiger partial charge in [0.15, 0.2) is 6.29 Å². The molecule has 3 nitrogen and oxygen atoms in total. The molecule has 0 bridgehead atoms. The van der Waals surface area contributed by atoms with Gasteiger partial charge in [0.25, 0.3) is 0 Å². The van der Waals surface area contributed by atoms with Gasteiger partial charge in [-0.25, -0.2) is 4.39 Å². The summed E-state index contributed by atoms with van der Waals surface area (Å²) in [6, 6.07) is 18.0. The van der Waals surface area contributed by atoms with Crippen molar-refractivity contribution >= 4 is 0 Å². The van der Waals surface area contributed by atoms with Crippen LogP contribution in [0.1, 0.15) is 53.0 Å². The second-order valence-corrected chi connectivity index (χ2v) is 11.0. The summed E-state index contributed by atoms with van der Waals surface area (Å²) in [5.74, 6) is -0.597. The molecule has 4 atom stereocenters. The number of hydrogen-bond acceptors (Lipinski definition) is 3. The average molecular weight is 596 g/mol. The van der Waals surface area contributed by atoms with Gasteiger partial charge in [-0.15, -0.1) is 0 Å². The number of halogens is 7. The van der Waals surface area contributed by atoms with Crippen LogP contribution in [0.15, 0.2) is 72.8 Å². The molecule has 0 amide bonds. The normalized spacial score (nSPS) is 23.8. The Morgan fingerprint density at radius 1 is 0.810 bits per heavy atom. The van der Waals surface area contributed by atoms with Gasteiger partial charge in [0.1, 0.15) is 5.82 Å². The summed E-state index contributed by atoms with van der Waals surface area (Å²) in [5, 5.41) is 0. The molecule has 0 spiro atoms. The summed E-state index contributed by atoms with van der Waals surface area (Å²) in [6.07, 6.45) is -8.08. The Labute approximate surface area is 240 Å². The van der Waals surface area contributed by atoms with E-state index in [9.17, 15) is 30.7 Å². The summed E-state index contributed by atoms with van der Waals surface area (Å²) in [6.45, 7) is 1.95. The number of nitrogens with zero attached hydrogens (tertiary/aromatic N) is 1. The van der Waals surface area contributed by atoms with Crippen molar-refractivity contribution < 1.29 is 40.2 Å². The van der Waals surface area contributed by atoms with Crippen molar-refractivity contribution in [2.24, 2.45) is 5.92 Å². The Hall–Kier alpha value is -2.95. The number of benzene rings is 3. The van der Waals surface area contributed by atoms with Crippen LogP contribution in [0.5, 0.6) is 0 Å². The molecule has 0 N–H and O–H groups in total. The third-order valence-corrected chi connectivity index (χ3v) is 8.20. The van der Waals surface area contributed by atoms with Gasteiger partial charge in [-0.2, -0.15) is 26.3 Å². The monoisotopic (exact) mass is 595 g/mol. The standard InChI is InChI=1S/C32H32F7NO2/c33-26-10-8-23(9-11-26)29-27(28-7-4-14-40(28)20-21-5-2-1-3-6-21)13-16-42-30(29)41-15-12-22-17-24(31(34,35)36)19-25(18-22)32(37,38)39/h1-3,5-6,8-11,17-19,27-30H,4,7,12-16,20H2. The second-order valence-electron chi connectivity index (χ2n) is 11.0. The summed E-state index contributed by atoms with van der Waals surface area (Å²) < 4.78 is 106. The fourth-order valence-electron chi connectivity index (χ4n) is 6.29. The summed E-state index contributed by atoms with van der Waals surface area (Å²) in [4.78, 5) is 2.44. The van der Waals surface area contributed by atoms with E-state index in [1.54, 1.807) is 12.1 Å². The number of ether oxygens (including phenoxy) is 2. The van der Waals surface area contributed by atoms with E-state index in [1.807, 2.05) is 18.2 Å². The van der Waals surface area contributed by atoms with Gasteiger partial charge in [-0.3, -0.25) is 4.90 Å². The molecular weight excluding hydrogens is 563 g/mol. The van der Waals surface area contributed by atoms with Crippen molar-refractivity contribution in [3.05, 3.63) is 106 Å². The fourth-order valence-corrected chi connectivity index (χ4v) is 6.29. The molecule has 42 heavy (non-hydrogen) atoms. The zero-order valence-electron chi connectivity index (χ0n) is 22.8. The Balaban J connectivity index is 1.36. The van der Waals surface area contributed by atoms with Crippen LogP contribution in [-0.4, -0.2) is 37.0 Å². The first kappa shape index (κ1) is 30.5. The molecule has 2 aliphatic rings. The topological polar surface area (TPSA) is 21.7 Å². The minimum atomic E-state index is -4.92. The predicted molar refractivity (Wildman–Crippen MR) is 143 cm³/mol. The van der Waals surface area contributed by atoms with Crippen molar-refractivity contribution in [3.8, 4) is 0 Å². The Bertz CT molecular complexity index is 1280. The van der Waals surface area contributed by atoms with Gasteiger partial charge < -0.3 is 9.47 Å². The molecular formula is C32H32F7NO2. The predicted octanol–water partition coefficient (Wildman–Crippen LogP) is 8.23. The molecule has 0 aromatic heterocycles. The molecule has 0 saturated carbocycles. The Morgan fingerprint density at radius 3 is 2.12 bits per heavy atom. The molecule has 4 unspecified atom stereocenters. The van der Waals surface area contributed by atoms with Gasteiger partial charge in [-0.1, -0.05) is 42.5 Å². The van der Waals surface area contributed by atoms with E-state index in [1.165, 1.54) is 17.7 Å². The maximum Gasteiger partial charge on any atom is 0.416 e. The van der Waals surface area contributed by atoms with E-state index in [0.717, 1.165) is 50.0 Å². The zero-order chi connectivity index (χ0) is 29.9. The van der Waals surface area contributed by atoms with Gasteiger partial charge in [0.05, 0.1) is 24.3 Å². The molecule has 5 rings (SSSR count). The minimum absolute atomic E-state index is 0.0887.